The Labute approximate surface area is 116 Å². The average molecular weight is 281 g/mol. The molecular weight excluding hydrogens is 264 g/mol. The Morgan fingerprint density at radius 2 is 1.75 bits per heavy atom. The van der Waals surface area contributed by atoms with Gasteiger partial charge in [-0.2, -0.15) is 8.78 Å². The number of carbonyl (C=O) groups excluding carboxylic acids is 1. The highest BCUT2D eigenvalue weighted by molar-refractivity contribution is 5.98. The zero-order valence-corrected chi connectivity index (χ0v) is 11.0. The Morgan fingerprint density at radius 1 is 1.15 bits per heavy atom. The van der Waals surface area contributed by atoms with Crippen LogP contribution in [0.1, 0.15) is 36.0 Å². The number of fused-ring (bicyclic) bond motifs is 2. The molecule has 0 aromatic heterocycles. The number of ether oxygens (including phenoxy) is 1. The van der Waals surface area contributed by atoms with E-state index in [1.165, 1.54) is 12.1 Å². The van der Waals surface area contributed by atoms with Gasteiger partial charge in [0, 0.05) is 23.6 Å². The van der Waals surface area contributed by atoms with Gasteiger partial charge >= 0.3 is 6.61 Å². The van der Waals surface area contributed by atoms with Crippen molar-refractivity contribution in [3.8, 4) is 5.75 Å². The maximum Gasteiger partial charge on any atom is 0.387 e. The number of halogens is 2. The van der Waals surface area contributed by atoms with Crippen LogP contribution in [0.25, 0.3) is 0 Å². The molecule has 0 spiro atoms. The van der Waals surface area contributed by atoms with E-state index in [1.54, 1.807) is 12.1 Å². The standard InChI is InChI=1S/C15H17F2NO2/c16-15(17)20-13-5-1-9(2-6-13)14(19)10-7-11-3-4-12(8-10)18-11/h1-2,5-6,10-12,15,18H,3-4,7-8H2. The summed E-state index contributed by atoms with van der Waals surface area (Å²) in [5, 5.41) is 3.50. The summed E-state index contributed by atoms with van der Waals surface area (Å²) in [5.41, 5.74) is 0.581. The van der Waals surface area contributed by atoms with Gasteiger partial charge in [-0.3, -0.25) is 4.79 Å². The van der Waals surface area contributed by atoms with Crippen LogP contribution >= 0.6 is 0 Å². The van der Waals surface area contributed by atoms with Crippen LogP contribution in [0.2, 0.25) is 0 Å². The van der Waals surface area contributed by atoms with Gasteiger partial charge in [-0.15, -0.1) is 0 Å². The SMILES string of the molecule is O=C(c1ccc(OC(F)F)cc1)C1CC2CCC(C1)N2. The van der Waals surface area contributed by atoms with Crippen molar-refractivity contribution in [2.45, 2.75) is 44.4 Å². The van der Waals surface area contributed by atoms with E-state index in [0.717, 1.165) is 25.7 Å². The van der Waals surface area contributed by atoms with Gasteiger partial charge in [0.1, 0.15) is 5.75 Å². The number of alkyl halides is 2. The van der Waals surface area contributed by atoms with E-state index in [2.05, 4.69) is 10.1 Å². The van der Waals surface area contributed by atoms with Gasteiger partial charge in [-0.25, -0.2) is 0 Å². The maximum absolute atomic E-state index is 12.4. The molecule has 1 aromatic carbocycles. The van der Waals surface area contributed by atoms with Crippen molar-refractivity contribution in [2.75, 3.05) is 0 Å². The van der Waals surface area contributed by atoms with Crippen LogP contribution in [-0.4, -0.2) is 24.5 Å². The van der Waals surface area contributed by atoms with E-state index in [0.29, 0.717) is 17.6 Å². The second-order valence-electron chi connectivity index (χ2n) is 5.57. The van der Waals surface area contributed by atoms with Gasteiger partial charge in [0.05, 0.1) is 0 Å². The molecule has 20 heavy (non-hydrogen) atoms. The van der Waals surface area contributed by atoms with Crippen molar-refractivity contribution in [1.82, 2.24) is 5.32 Å². The van der Waals surface area contributed by atoms with Crippen LogP contribution < -0.4 is 10.1 Å². The molecular formula is C15H17F2NO2. The molecule has 3 rings (SSSR count). The fourth-order valence-electron chi connectivity index (χ4n) is 3.31. The lowest BCUT2D eigenvalue weighted by molar-refractivity contribution is -0.0498. The quantitative estimate of drug-likeness (QED) is 0.862. The average Bonchev–Trinajstić information content (AvgIpc) is 2.77. The third-order valence-corrected chi connectivity index (χ3v) is 4.21. The topological polar surface area (TPSA) is 38.3 Å². The monoisotopic (exact) mass is 281 g/mol. The zero-order chi connectivity index (χ0) is 14.1. The predicted octanol–water partition coefficient (Wildman–Crippen LogP) is 3.00. The molecule has 1 N–H and O–H groups in total. The summed E-state index contributed by atoms with van der Waals surface area (Å²) in [6, 6.07) is 6.92. The summed E-state index contributed by atoms with van der Waals surface area (Å²) in [6.45, 7) is -2.84. The van der Waals surface area contributed by atoms with E-state index in [4.69, 9.17) is 0 Å². The molecule has 0 radical (unpaired) electrons. The summed E-state index contributed by atoms with van der Waals surface area (Å²) in [6.07, 6.45) is 4.06. The Kier molecular flexibility index (Phi) is 3.70. The van der Waals surface area contributed by atoms with Gasteiger partial charge < -0.3 is 10.1 Å². The van der Waals surface area contributed by atoms with Crippen LogP contribution in [0.3, 0.4) is 0 Å². The first-order valence-corrected chi connectivity index (χ1v) is 6.97. The van der Waals surface area contributed by atoms with Gasteiger partial charge in [0.2, 0.25) is 0 Å². The molecule has 2 bridgehead atoms. The number of benzene rings is 1. The lowest BCUT2D eigenvalue weighted by atomic mass is 9.86. The zero-order valence-electron chi connectivity index (χ0n) is 11.0. The molecule has 2 aliphatic rings. The molecule has 2 unspecified atom stereocenters. The van der Waals surface area contributed by atoms with Crippen molar-refractivity contribution in [3.05, 3.63) is 29.8 Å². The third kappa shape index (κ3) is 2.82. The number of Topliss-reactive ketones (excluding diaryl/α,β-unsaturated/α-hetero) is 1. The highest BCUT2D eigenvalue weighted by atomic mass is 19.3. The number of hydrogen-bond donors (Lipinski definition) is 1. The molecule has 2 aliphatic heterocycles. The Morgan fingerprint density at radius 3 is 2.30 bits per heavy atom. The van der Waals surface area contributed by atoms with Gasteiger partial charge in [0.15, 0.2) is 5.78 Å². The minimum Gasteiger partial charge on any atom is -0.435 e. The minimum absolute atomic E-state index is 0.0515. The molecule has 2 fully saturated rings. The fourth-order valence-corrected chi connectivity index (χ4v) is 3.31. The van der Waals surface area contributed by atoms with Crippen molar-refractivity contribution in [2.24, 2.45) is 5.92 Å². The van der Waals surface area contributed by atoms with E-state index >= 15 is 0 Å². The molecule has 2 saturated heterocycles. The maximum atomic E-state index is 12.4. The second kappa shape index (κ2) is 5.48. The normalized spacial score (nSPS) is 28.6. The molecule has 1 aromatic rings. The number of ketones is 1. The second-order valence-corrected chi connectivity index (χ2v) is 5.57. The third-order valence-electron chi connectivity index (χ3n) is 4.21. The highest BCUT2D eigenvalue weighted by Gasteiger charge is 2.36. The summed E-state index contributed by atoms with van der Waals surface area (Å²) in [4.78, 5) is 12.4. The first-order chi connectivity index (χ1) is 9.61. The van der Waals surface area contributed by atoms with E-state index < -0.39 is 6.61 Å². The largest absolute Gasteiger partial charge is 0.435 e. The fraction of sp³-hybridized carbons (Fsp3) is 0.533. The van der Waals surface area contributed by atoms with Crippen LogP contribution in [-0.2, 0) is 0 Å². The number of piperidine rings is 1. The highest BCUT2D eigenvalue weighted by Crippen LogP contribution is 2.33. The molecule has 3 nitrogen and oxygen atoms in total. The van der Waals surface area contributed by atoms with E-state index in [9.17, 15) is 13.6 Å². The van der Waals surface area contributed by atoms with Crippen LogP contribution in [0.4, 0.5) is 8.78 Å². The smallest absolute Gasteiger partial charge is 0.387 e. The number of nitrogens with one attached hydrogen (secondary N) is 1. The Balaban J connectivity index is 1.67. The molecule has 0 saturated carbocycles. The summed E-state index contributed by atoms with van der Waals surface area (Å²) in [7, 11) is 0. The van der Waals surface area contributed by atoms with Crippen molar-refractivity contribution in [3.63, 3.8) is 0 Å². The molecule has 2 heterocycles. The van der Waals surface area contributed by atoms with E-state index in [1.807, 2.05) is 0 Å². The lowest BCUT2D eigenvalue weighted by Crippen LogP contribution is -2.40. The summed E-state index contributed by atoms with van der Waals surface area (Å²) in [5.74, 6) is 0.254. The van der Waals surface area contributed by atoms with Gasteiger partial charge in [0.25, 0.3) is 0 Å². The lowest BCUT2D eigenvalue weighted by Gasteiger charge is -2.28. The Bertz CT molecular complexity index is 477. The predicted molar refractivity (Wildman–Crippen MR) is 70.1 cm³/mol. The van der Waals surface area contributed by atoms with Crippen LogP contribution in [0.5, 0.6) is 5.75 Å². The van der Waals surface area contributed by atoms with Gasteiger partial charge in [-0.05, 0) is 49.9 Å². The van der Waals surface area contributed by atoms with Crippen molar-refractivity contribution in [1.29, 1.82) is 0 Å². The molecule has 5 heteroatoms. The van der Waals surface area contributed by atoms with Crippen LogP contribution in [0.15, 0.2) is 24.3 Å². The van der Waals surface area contributed by atoms with E-state index in [-0.39, 0.29) is 17.5 Å². The first-order valence-electron chi connectivity index (χ1n) is 6.97. The van der Waals surface area contributed by atoms with Gasteiger partial charge in [-0.1, -0.05) is 0 Å². The van der Waals surface area contributed by atoms with Crippen molar-refractivity contribution < 1.29 is 18.3 Å². The minimum atomic E-state index is -2.84. The van der Waals surface area contributed by atoms with Crippen LogP contribution in [0, 0.1) is 5.92 Å². The summed E-state index contributed by atoms with van der Waals surface area (Å²) < 4.78 is 28.4. The Hall–Kier alpha value is -1.49. The first kappa shape index (κ1) is 13.5. The molecule has 2 atom stereocenters. The molecule has 108 valence electrons. The summed E-state index contributed by atoms with van der Waals surface area (Å²) >= 11 is 0. The molecule has 0 aliphatic carbocycles. The molecule has 0 amide bonds. The number of carbonyl (C=O) groups is 1. The number of rotatable bonds is 4. The van der Waals surface area contributed by atoms with Crippen molar-refractivity contribution >= 4 is 5.78 Å². The number of hydrogen-bond acceptors (Lipinski definition) is 3.